The Balaban J connectivity index is 0.00000267. The molecule has 180 valence electrons. The number of carbonyl (C=O) groups is 1. The van der Waals surface area contributed by atoms with Gasteiger partial charge < -0.3 is 14.1 Å². The van der Waals surface area contributed by atoms with Gasteiger partial charge in [-0.2, -0.15) is 0 Å². The van der Waals surface area contributed by atoms with Crippen molar-refractivity contribution >= 4 is 45.7 Å². The highest BCUT2D eigenvalue weighted by atomic mass is 35.5. The number of hydrogen-bond acceptors (Lipinski definition) is 2. The number of carboxylic acids is 1. The lowest BCUT2D eigenvalue weighted by Crippen LogP contribution is -2.03. The molecule has 0 saturated heterocycles. The van der Waals surface area contributed by atoms with E-state index in [1.54, 1.807) is 0 Å². The Labute approximate surface area is 215 Å². The number of pyridine rings is 1. The standard InChI is InChI=1S/C30H25N3O2.ClH/c1-3-32-18-21(27-19(2)9-8-12-24(27)32)17-25-29(31-26-13-6-7-16-33(25)26)23-15-14-20-10-4-5-11-22(20)28(23)30(34)35;/h4-16,18H,3,17H2,1-2H3,(H,34,35);1H. The highest BCUT2D eigenvalue weighted by Gasteiger charge is 2.23. The van der Waals surface area contributed by atoms with Crippen molar-refractivity contribution in [3.05, 3.63) is 108 Å². The molecular weight excluding hydrogens is 470 g/mol. The van der Waals surface area contributed by atoms with Gasteiger partial charge in [0.15, 0.2) is 0 Å². The van der Waals surface area contributed by atoms with E-state index in [9.17, 15) is 9.90 Å². The van der Waals surface area contributed by atoms with Crippen molar-refractivity contribution in [2.45, 2.75) is 26.8 Å². The van der Waals surface area contributed by atoms with Crippen LogP contribution in [0.4, 0.5) is 0 Å². The predicted molar refractivity (Wildman–Crippen MR) is 147 cm³/mol. The van der Waals surface area contributed by atoms with E-state index in [0.29, 0.717) is 23.2 Å². The molecule has 3 aromatic carbocycles. The van der Waals surface area contributed by atoms with Crippen molar-refractivity contribution in [3.8, 4) is 11.3 Å². The first-order valence-corrected chi connectivity index (χ1v) is 11.9. The van der Waals surface area contributed by atoms with Crippen LogP contribution in [0.15, 0.2) is 85.2 Å². The Morgan fingerprint density at radius 3 is 2.58 bits per heavy atom. The van der Waals surface area contributed by atoms with E-state index in [1.807, 2.05) is 60.8 Å². The van der Waals surface area contributed by atoms with Gasteiger partial charge in [0.05, 0.1) is 17.0 Å². The second kappa shape index (κ2) is 9.17. The Hall–Kier alpha value is -4.09. The molecule has 0 atom stereocenters. The fourth-order valence-electron chi connectivity index (χ4n) is 5.34. The van der Waals surface area contributed by atoms with Crippen LogP contribution in [0.1, 0.15) is 34.1 Å². The van der Waals surface area contributed by atoms with Gasteiger partial charge >= 0.3 is 5.97 Å². The molecule has 0 aliphatic carbocycles. The van der Waals surface area contributed by atoms with E-state index in [4.69, 9.17) is 4.98 Å². The number of hydrogen-bond donors (Lipinski definition) is 1. The van der Waals surface area contributed by atoms with Gasteiger partial charge in [-0.1, -0.05) is 54.6 Å². The summed E-state index contributed by atoms with van der Waals surface area (Å²) < 4.78 is 4.36. The van der Waals surface area contributed by atoms with Gasteiger partial charge in [-0.05, 0) is 53.9 Å². The van der Waals surface area contributed by atoms with E-state index in [2.05, 4.69) is 47.2 Å². The van der Waals surface area contributed by atoms with Crippen LogP contribution in [-0.4, -0.2) is 25.0 Å². The largest absolute Gasteiger partial charge is 0.478 e. The second-order valence-corrected chi connectivity index (χ2v) is 8.94. The molecule has 0 spiro atoms. The van der Waals surface area contributed by atoms with Crippen molar-refractivity contribution in [1.29, 1.82) is 0 Å². The van der Waals surface area contributed by atoms with Gasteiger partial charge in [0.25, 0.3) is 0 Å². The SMILES string of the molecule is CCn1cc(Cc2c(-c3ccc4ccccc4c3C(=O)O)nc3ccccn23)c2c(C)cccc21.Cl. The van der Waals surface area contributed by atoms with E-state index in [1.165, 1.54) is 22.0 Å². The number of nitrogens with zero attached hydrogens (tertiary/aromatic N) is 3. The molecule has 0 bridgehead atoms. The highest BCUT2D eigenvalue weighted by molar-refractivity contribution is 6.09. The minimum atomic E-state index is -0.946. The van der Waals surface area contributed by atoms with E-state index >= 15 is 0 Å². The molecule has 6 aromatic rings. The van der Waals surface area contributed by atoms with Crippen LogP contribution in [0, 0.1) is 6.92 Å². The number of benzene rings is 3. The maximum Gasteiger partial charge on any atom is 0.337 e. The van der Waals surface area contributed by atoms with Crippen LogP contribution < -0.4 is 0 Å². The molecule has 0 aliphatic rings. The van der Waals surface area contributed by atoms with E-state index < -0.39 is 5.97 Å². The summed E-state index contributed by atoms with van der Waals surface area (Å²) in [5.74, 6) is -0.946. The minimum absolute atomic E-state index is 0. The zero-order valence-electron chi connectivity index (χ0n) is 20.1. The summed E-state index contributed by atoms with van der Waals surface area (Å²) in [7, 11) is 0. The van der Waals surface area contributed by atoms with Crippen LogP contribution in [0.3, 0.4) is 0 Å². The summed E-state index contributed by atoms with van der Waals surface area (Å²) in [6.45, 7) is 5.18. The average molecular weight is 496 g/mol. The molecule has 0 fully saturated rings. The normalized spacial score (nSPS) is 11.3. The van der Waals surface area contributed by atoms with Gasteiger partial charge in [0.1, 0.15) is 5.65 Å². The van der Waals surface area contributed by atoms with Gasteiger partial charge in [-0.25, -0.2) is 9.78 Å². The van der Waals surface area contributed by atoms with Gasteiger partial charge in [-0.3, -0.25) is 0 Å². The molecular formula is C30H26ClN3O2. The average Bonchev–Trinajstić information content (AvgIpc) is 3.42. The van der Waals surface area contributed by atoms with Crippen molar-refractivity contribution in [3.63, 3.8) is 0 Å². The third-order valence-corrected chi connectivity index (χ3v) is 6.92. The Morgan fingerprint density at radius 1 is 0.972 bits per heavy atom. The summed E-state index contributed by atoms with van der Waals surface area (Å²) in [6, 6.07) is 23.8. The van der Waals surface area contributed by atoms with Gasteiger partial charge in [0.2, 0.25) is 0 Å². The first kappa shape index (κ1) is 23.6. The van der Waals surface area contributed by atoms with Crippen LogP contribution in [0.2, 0.25) is 0 Å². The van der Waals surface area contributed by atoms with E-state index in [-0.39, 0.29) is 12.4 Å². The summed E-state index contributed by atoms with van der Waals surface area (Å²) in [5, 5.41) is 13.1. The minimum Gasteiger partial charge on any atom is -0.478 e. The molecule has 1 N–H and O–H groups in total. The molecule has 0 aliphatic heterocycles. The number of fused-ring (bicyclic) bond motifs is 3. The Morgan fingerprint density at radius 2 is 1.78 bits per heavy atom. The summed E-state index contributed by atoms with van der Waals surface area (Å²) in [4.78, 5) is 17.5. The van der Waals surface area contributed by atoms with Crippen molar-refractivity contribution < 1.29 is 9.90 Å². The first-order chi connectivity index (χ1) is 17.1. The monoisotopic (exact) mass is 495 g/mol. The molecule has 0 unspecified atom stereocenters. The smallest absolute Gasteiger partial charge is 0.337 e. The molecule has 3 aromatic heterocycles. The topological polar surface area (TPSA) is 59.5 Å². The number of rotatable bonds is 5. The molecule has 0 amide bonds. The number of aromatic nitrogens is 3. The number of carboxylic acid groups (broad SMARTS) is 1. The Bertz CT molecular complexity index is 1760. The predicted octanol–water partition coefficient (Wildman–Crippen LogP) is 7.15. The zero-order chi connectivity index (χ0) is 24.1. The molecule has 5 nitrogen and oxygen atoms in total. The van der Waals surface area contributed by atoms with Gasteiger partial charge in [-0.15, -0.1) is 12.4 Å². The lowest BCUT2D eigenvalue weighted by molar-refractivity contribution is 0.0700. The van der Waals surface area contributed by atoms with Gasteiger partial charge in [0, 0.05) is 41.8 Å². The highest BCUT2D eigenvalue weighted by Crippen LogP contribution is 2.35. The molecule has 0 saturated carbocycles. The number of aromatic carboxylic acids is 1. The number of imidazole rings is 1. The lowest BCUT2D eigenvalue weighted by Gasteiger charge is -2.11. The molecule has 6 rings (SSSR count). The maximum absolute atomic E-state index is 12.5. The molecule has 6 heteroatoms. The summed E-state index contributed by atoms with van der Waals surface area (Å²) in [6.07, 6.45) is 4.87. The second-order valence-electron chi connectivity index (χ2n) is 8.94. The van der Waals surface area contributed by atoms with Crippen LogP contribution in [0.5, 0.6) is 0 Å². The number of aryl methyl sites for hydroxylation is 2. The molecule has 36 heavy (non-hydrogen) atoms. The molecule has 0 radical (unpaired) electrons. The van der Waals surface area contributed by atoms with Crippen molar-refractivity contribution in [1.82, 2.24) is 14.0 Å². The third-order valence-electron chi connectivity index (χ3n) is 6.92. The third kappa shape index (κ3) is 3.64. The quantitative estimate of drug-likeness (QED) is 0.276. The fourth-order valence-corrected chi connectivity index (χ4v) is 5.34. The first-order valence-electron chi connectivity index (χ1n) is 11.9. The fraction of sp³-hybridized carbons (Fsp3) is 0.133. The van der Waals surface area contributed by atoms with Crippen molar-refractivity contribution in [2.24, 2.45) is 0 Å². The summed E-state index contributed by atoms with van der Waals surface area (Å²) >= 11 is 0. The van der Waals surface area contributed by atoms with Crippen LogP contribution in [0.25, 0.3) is 38.6 Å². The van der Waals surface area contributed by atoms with E-state index in [0.717, 1.165) is 28.7 Å². The lowest BCUT2D eigenvalue weighted by atomic mass is 9.94. The molecule has 3 heterocycles. The number of halogens is 1. The van der Waals surface area contributed by atoms with Crippen molar-refractivity contribution in [2.75, 3.05) is 0 Å². The maximum atomic E-state index is 12.5. The summed E-state index contributed by atoms with van der Waals surface area (Å²) in [5.41, 5.74) is 7.10. The zero-order valence-corrected chi connectivity index (χ0v) is 20.9. The van der Waals surface area contributed by atoms with Crippen LogP contribution in [-0.2, 0) is 13.0 Å². The Kier molecular flexibility index (Phi) is 6.02. The van der Waals surface area contributed by atoms with Crippen LogP contribution >= 0.6 is 12.4 Å².